The second-order valence-electron chi connectivity index (χ2n) is 7.63. The fourth-order valence-corrected chi connectivity index (χ4v) is 4.08. The zero-order chi connectivity index (χ0) is 19.5. The second-order valence-corrected chi connectivity index (χ2v) is 7.63. The zero-order valence-electron chi connectivity index (χ0n) is 16.2. The van der Waals surface area contributed by atoms with Gasteiger partial charge < -0.3 is 15.0 Å². The highest BCUT2D eigenvalue weighted by Gasteiger charge is 2.32. The number of fused-ring (bicyclic) bond motifs is 1. The molecule has 2 aliphatic rings. The molecule has 1 heterocycles. The molecule has 0 aromatic heterocycles. The van der Waals surface area contributed by atoms with Gasteiger partial charge in [-0.25, -0.2) is 0 Å². The van der Waals surface area contributed by atoms with Crippen LogP contribution >= 0.6 is 0 Å². The van der Waals surface area contributed by atoms with E-state index in [2.05, 4.69) is 5.32 Å². The summed E-state index contributed by atoms with van der Waals surface area (Å²) < 4.78 is 5.69. The van der Waals surface area contributed by atoms with Crippen molar-refractivity contribution in [3.8, 4) is 5.75 Å². The Labute approximate surface area is 165 Å². The molecule has 0 bridgehead atoms. The Morgan fingerprint density at radius 2 is 1.86 bits per heavy atom. The Kier molecular flexibility index (Phi) is 5.33. The molecule has 28 heavy (non-hydrogen) atoms. The lowest BCUT2D eigenvalue weighted by atomic mass is 10.1. The van der Waals surface area contributed by atoms with Gasteiger partial charge in [0.05, 0.1) is 0 Å². The van der Waals surface area contributed by atoms with E-state index in [4.69, 9.17) is 4.74 Å². The molecule has 1 aliphatic heterocycles. The largest absolute Gasteiger partial charge is 0.481 e. The molecule has 1 saturated carbocycles. The van der Waals surface area contributed by atoms with Crippen molar-refractivity contribution in [3.05, 3.63) is 54.1 Å². The highest BCUT2D eigenvalue weighted by atomic mass is 16.5. The van der Waals surface area contributed by atoms with Crippen LogP contribution in [0.1, 0.15) is 38.2 Å². The Balaban J connectivity index is 1.44. The summed E-state index contributed by atoms with van der Waals surface area (Å²) in [6.07, 6.45) is 4.53. The number of rotatable bonds is 5. The van der Waals surface area contributed by atoms with Gasteiger partial charge in [-0.1, -0.05) is 37.1 Å². The molecule has 146 valence electrons. The summed E-state index contributed by atoms with van der Waals surface area (Å²) in [6, 6.07) is 15.1. The molecule has 2 aromatic carbocycles. The van der Waals surface area contributed by atoms with Gasteiger partial charge in [0.2, 0.25) is 5.91 Å². The van der Waals surface area contributed by atoms with Crippen LogP contribution < -0.4 is 15.0 Å². The molecule has 4 rings (SSSR count). The molecule has 0 saturated heterocycles. The first-order valence-electron chi connectivity index (χ1n) is 10.1. The lowest BCUT2D eigenvalue weighted by molar-refractivity contribution is -0.122. The molecule has 1 aliphatic carbocycles. The Bertz CT molecular complexity index is 859. The van der Waals surface area contributed by atoms with Crippen LogP contribution in [-0.2, 0) is 16.0 Å². The monoisotopic (exact) mass is 378 g/mol. The molecular weight excluding hydrogens is 352 g/mol. The lowest BCUT2D eigenvalue weighted by Gasteiger charge is -2.22. The van der Waals surface area contributed by atoms with E-state index in [1.165, 1.54) is 0 Å². The van der Waals surface area contributed by atoms with E-state index in [1.807, 2.05) is 53.4 Å². The van der Waals surface area contributed by atoms with Gasteiger partial charge in [-0.2, -0.15) is 0 Å². The summed E-state index contributed by atoms with van der Waals surface area (Å²) in [5.41, 5.74) is 2.79. The smallest absolute Gasteiger partial charge is 0.265 e. The third-order valence-corrected chi connectivity index (χ3v) is 5.64. The van der Waals surface area contributed by atoms with Gasteiger partial charge in [0.15, 0.2) is 6.10 Å². The predicted octanol–water partition coefficient (Wildman–Crippen LogP) is 4.17. The second kappa shape index (κ2) is 8.05. The quantitative estimate of drug-likeness (QED) is 0.849. The first kappa shape index (κ1) is 18.5. The minimum absolute atomic E-state index is 0.156. The molecule has 1 unspecified atom stereocenters. The van der Waals surface area contributed by atoms with Crippen molar-refractivity contribution >= 4 is 23.2 Å². The molecule has 0 spiro atoms. The van der Waals surface area contributed by atoms with Crippen LogP contribution in [0.4, 0.5) is 11.4 Å². The number of para-hydroxylation sites is 1. The molecule has 1 fully saturated rings. The summed E-state index contributed by atoms with van der Waals surface area (Å²) in [4.78, 5) is 27.3. The number of benzene rings is 2. The number of nitrogens with zero attached hydrogens (tertiary/aromatic N) is 1. The molecule has 2 aromatic rings. The van der Waals surface area contributed by atoms with Crippen molar-refractivity contribution < 1.29 is 14.3 Å². The summed E-state index contributed by atoms with van der Waals surface area (Å²) in [6.45, 7) is 2.46. The van der Waals surface area contributed by atoms with E-state index in [9.17, 15) is 9.59 Å². The van der Waals surface area contributed by atoms with Gasteiger partial charge in [0.1, 0.15) is 5.75 Å². The van der Waals surface area contributed by atoms with Crippen molar-refractivity contribution in [1.29, 1.82) is 0 Å². The van der Waals surface area contributed by atoms with Gasteiger partial charge >= 0.3 is 0 Å². The molecule has 2 amide bonds. The lowest BCUT2D eigenvalue weighted by Crippen LogP contribution is -2.34. The minimum atomic E-state index is -0.619. The van der Waals surface area contributed by atoms with Crippen LogP contribution in [0.25, 0.3) is 0 Å². The van der Waals surface area contributed by atoms with E-state index < -0.39 is 6.10 Å². The van der Waals surface area contributed by atoms with Crippen molar-refractivity contribution in [2.45, 2.75) is 45.1 Å². The summed E-state index contributed by atoms with van der Waals surface area (Å²) >= 11 is 0. The van der Waals surface area contributed by atoms with Crippen LogP contribution in [0.5, 0.6) is 5.75 Å². The molecule has 0 radical (unpaired) electrons. The molecule has 1 N–H and O–H groups in total. The van der Waals surface area contributed by atoms with Gasteiger partial charge in [0.25, 0.3) is 5.91 Å². The Morgan fingerprint density at radius 3 is 2.61 bits per heavy atom. The third-order valence-electron chi connectivity index (χ3n) is 5.64. The van der Waals surface area contributed by atoms with Crippen LogP contribution in [0.3, 0.4) is 0 Å². The van der Waals surface area contributed by atoms with Gasteiger partial charge in [0, 0.05) is 23.8 Å². The van der Waals surface area contributed by atoms with Crippen molar-refractivity contribution in [3.63, 3.8) is 0 Å². The standard InChI is InChI=1S/C23H26N2O3/c1-16(28-20-9-3-2-4-10-20)22(26)24-19-12-11-17-13-14-25(21(17)15-19)23(27)18-7-5-6-8-18/h2-4,9-12,15-16,18H,5-8,13-14H2,1H3,(H,24,26). The number of anilines is 2. The fourth-order valence-electron chi connectivity index (χ4n) is 4.08. The molecular formula is C23H26N2O3. The van der Waals surface area contributed by atoms with Crippen LogP contribution in [0.2, 0.25) is 0 Å². The zero-order valence-corrected chi connectivity index (χ0v) is 16.2. The SMILES string of the molecule is CC(Oc1ccccc1)C(=O)Nc1ccc2c(c1)N(C(=O)C1CCCC1)CC2. The number of ether oxygens (including phenoxy) is 1. The fraction of sp³-hybridized carbons (Fsp3) is 0.391. The minimum Gasteiger partial charge on any atom is -0.481 e. The van der Waals surface area contributed by atoms with E-state index in [0.717, 1.165) is 49.9 Å². The number of carbonyl (C=O) groups is 2. The molecule has 5 heteroatoms. The Morgan fingerprint density at radius 1 is 1.11 bits per heavy atom. The number of hydrogen-bond donors (Lipinski definition) is 1. The van der Waals surface area contributed by atoms with E-state index in [-0.39, 0.29) is 17.7 Å². The van der Waals surface area contributed by atoms with Crippen LogP contribution in [-0.4, -0.2) is 24.5 Å². The third kappa shape index (κ3) is 3.88. The van der Waals surface area contributed by atoms with Crippen molar-refractivity contribution in [2.24, 2.45) is 5.92 Å². The Hall–Kier alpha value is -2.82. The number of amides is 2. The van der Waals surface area contributed by atoms with Crippen molar-refractivity contribution in [1.82, 2.24) is 0 Å². The van der Waals surface area contributed by atoms with Gasteiger partial charge in [-0.3, -0.25) is 9.59 Å². The number of nitrogens with one attached hydrogen (secondary N) is 1. The maximum atomic E-state index is 12.9. The maximum absolute atomic E-state index is 12.9. The average molecular weight is 378 g/mol. The normalized spacial score (nSPS) is 17.2. The predicted molar refractivity (Wildman–Crippen MR) is 110 cm³/mol. The first-order valence-corrected chi connectivity index (χ1v) is 10.1. The van der Waals surface area contributed by atoms with E-state index >= 15 is 0 Å². The molecule has 5 nitrogen and oxygen atoms in total. The first-order chi connectivity index (χ1) is 13.6. The van der Waals surface area contributed by atoms with Crippen LogP contribution in [0.15, 0.2) is 48.5 Å². The summed E-state index contributed by atoms with van der Waals surface area (Å²) in [5.74, 6) is 0.840. The summed E-state index contributed by atoms with van der Waals surface area (Å²) in [7, 11) is 0. The molecule has 1 atom stereocenters. The van der Waals surface area contributed by atoms with Gasteiger partial charge in [-0.05, 0) is 56.0 Å². The highest BCUT2D eigenvalue weighted by Crippen LogP contribution is 2.35. The average Bonchev–Trinajstić information content (AvgIpc) is 3.38. The maximum Gasteiger partial charge on any atom is 0.265 e. The number of carbonyl (C=O) groups excluding carboxylic acids is 2. The number of hydrogen-bond acceptors (Lipinski definition) is 3. The van der Waals surface area contributed by atoms with E-state index in [1.54, 1.807) is 6.92 Å². The topological polar surface area (TPSA) is 58.6 Å². The van der Waals surface area contributed by atoms with E-state index in [0.29, 0.717) is 11.4 Å². The van der Waals surface area contributed by atoms with Crippen molar-refractivity contribution in [2.75, 3.05) is 16.8 Å². The summed E-state index contributed by atoms with van der Waals surface area (Å²) in [5, 5.41) is 2.92. The highest BCUT2D eigenvalue weighted by molar-refractivity contribution is 5.99. The van der Waals surface area contributed by atoms with Crippen LogP contribution in [0, 0.1) is 5.92 Å². The van der Waals surface area contributed by atoms with Gasteiger partial charge in [-0.15, -0.1) is 0 Å².